The van der Waals surface area contributed by atoms with Crippen molar-refractivity contribution in [2.24, 2.45) is 10.2 Å². The third-order valence-corrected chi connectivity index (χ3v) is 1.06. The van der Waals surface area contributed by atoms with Gasteiger partial charge in [-0.25, -0.2) is 0 Å². The molecule has 0 fully saturated rings. The molecule has 6 heavy (non-hydrogen) atoms. The highest BCUT2D eigenvalue weighted by Gasteiger charge is 2.03. The van der Waals surface area contributed by atoms with E-state index in [9.17, 15) is 0 Å². The monoisotopic (exact) mass is 102 g/mol. The summed E-state index contributed by atoms with van der Waals surface area (Å²) in [5.41, 5.74) is 0. The third kappa shape index (κ3) is 0.712. The molecule has 0 aliphatic carbocycles. The molecule has 0 aromatic rings. The summed E-state index contributed by atoms with van der Waals surface area (Å²) >= 11 is 4.03. The van der Waals surface area contributed by atoms with Crippen molar-refractivity contribution < 1.29 is 0 Å². The van der Waals surface area contributed by atoms with Crippen LogP contribution in [-0.4, -0.2) is 11.9 Å². The first kappa shape index (κ1) is 4.12. The highest BCUT2D eigenvalue weighted by molar-refractivity contribution is 7.80. The Morgan fingerprint density at radius 2 is 2.50 bits per heavy atom. The number of hydrogen-bond donors (Lipinski definition) is 1. The van der Waals surface area contributed by atoms with Gasteiger partial charge in [-0.2, -0.15) is 22.9 Å². The van der Waals surface area contributed by atoms with Crippen LogP contribution in [0.15, 0.2) is 10.2 Å². The molecular formula is C3H6N2S. The minimum atomic E-state index is 0.199. The molecule has 3 heteroatoms. The molecule has 0 saturated heterocycles. The SMILES string of the molecule is SC1CCN=N1. The lowest BCUT2D eigenvalue weighted by Crippen LogP contribution is -1.84. The van der Waals surface area contributed by atoms with E-state index in [1.807, 2.05) is 0 Å². The first-order chi connectivity index (χ1) is 2.89. The Hall–Kier alpha value is -0.0500. The van der Waals surface area contributed by atoms with E-state index in [4.69, 9.17) is 0 Å². The van der Waals surface area contributed by atoms with Crippen molar-refractivity contribution in [1.82, 2.24) is 0 Å². The van der Waals surface area contributed by atoms with Crippen LogP contribution < -0.4 is 0 Å². The number of azo groups is 1. The fraction of sp³-hybridized carbons (Fsp3) is 1.00. The van der Waals surface area contributed by atoms with Crippen molar-refractivity contribution in [2.45, 2.75) is 11.8 Å². The van der Waals surface area contributed by atoms with Gasteiger partial charge in [-0.15, -0.1) is 0 Å². The first-order valence-electron chi connectivity index (χ1n) is 1.94. The normalized spacial score (nSPS) is 31.8. The highest BCUT2D eigenvalue weighted by Crippen LogP contribution is 2.09. The second-order valence-electron chi connectivity index (χ2n) is 1.25. The molecule has 0 spiro atoms. The van der Waals surface area contributed by atoms with Crippen molar-refractivity contribution in [3.63, 3.8) is 0 Å². The van der Waals surface area contributed by atoms with Crippen molar-refractivity contribution in [2.75, 3.05) is 6.54 Å². The Morgan fingerprint density at radius 3 is 2.67 bits per heavy atom. The van der Waals surface area contributed by atoms with E-state index in [-0.39, 0.29) is 5.37 Å². The zero-order valence-electron chi connectivity index (χ0n) is 3.33. The van der Waals surface area contributed by atoms with Crippen LogP contribution in [0.5, 0.6) is 0 Å². The van der Waals surface area contributed by atoms with E-state index in [1.54, 1.807) is 0 Å². The van der Waals surface area contributed by atoms with Crippen molar-refractivity contribution in [3.8, 4) is 0 Å². The van der Waals surface area contributed by atoms with Gasteiger partial charge in [0, 0.05) is 6.42 Å². The molecule has 1 rings (SSSR count). The van der Waals surface area contributed by atoms with Gasteiger partial charge in [0.25, 0.3) is 0 Å². The Labute approximate surface area is 42.1 Å². The van der Waals surface area contributed by atoms with Crippen LogP contribution in [0.3, 0.4) is 0 Å². The van der Waals surface area contributed by atoms with Crippen LogP contribution in [0.4, 0.5) is 0 Å². The van der Waals surface area contributed by atoms with Crippen LogP contribution in [-0.2, 0) is 0 Å². The van der Waals surface area contributed by atoms with E-state index in [2.05, 4.69) is 22.9 Å². The lowest BCUT2D eigenvalue weighted by Gasteiger charge is -1.84. The molecule has 1 aliphatic rings. The van der Waals surface area contributed by atoms with Gasteiger partial charge in [0.05, 0.1) is 6.54 Å². The van der Waals surface area contributed by atoms with Crippen LogP contribution in [0.1, 0.15) is 6.42 Å². The van der Waals surface area contributed by atoms with Gasteiger partial charge in [-0.1, -0.05) is 0 Å². The zero-order chi connectivity index (χ0) is 4.41. The minimum absolute atomic E-state index is 0.199. The summed E-state index contributed by atoms with van der Waals surface area (Å²) in [5.74, 6) is 0. The van der Waals surface area contributed by atoms with Crippen LogP contribution in [0, 0.1) is 0 Å². The maximum atomic E-state index is 4.03. The number of thiol groups is 1. The molecule has 0 aromatic heterocycles. The Kier molecular flexibility index (Phi) is 1.10. The lowest BCUT2D eigenvalue weighted by molar-refractivity contribution is 0.929. The summed E-state index contributed by atoms with van der Waals surface area (Å²) in [7, 11) is 0. The fourth-order valence-corrected chi connectivity index (χ4v) is 0.571. The maximum Gasteiger partial charge on any atom is 0.115 e. The molecule has 0 N–H and O–H groups in total. The summed E-state index contributed by atoms with van der Waals surface area (Å²) in [6, 6.07) is 0. The summed E-state index contributed by atoms with van der Waals surface area (Å²) in [6.07, 6.45) is 1.02. The lowest BCUT2D eigenvalue weighted by atomic mass is 10.5. The van der Waals surface area contributed by atoms with Gasteiger partial charge in [-0.05, 0) is 0 Å². The maximum absolute atomic E-state index is 4.03. The van der Waals surface area contributed by atoms with Crippen molar-refractivity contribution in [3.05, 3.63) is 0 Å². The van der Waals surface area contributed by atoms with E-state index < -0.39 is 0 Å². The van der Waals surface area contributed by atoms with Gasteiger partial charge in [0.2, 0.25) is 0 Å². The predicted octanol–water partition coefficient (Wildman–Crippen LogP) is 1.10. The van der Waals surface area contributed by atoms with Gasteiger partial charge in [0.1, 0.15) is 5.37 Å². The fourth-order valence-electron chi connectivity index (χ4n) is 0.383. The van der Waals surface area contributed by atoms with Gasteiger partial charge >= 0.3 is 0 Å². The molecule has 1 unspecified atom stereocenters. The standard InChI is InChI=1S/C3H6N2S/c6-3-1-2-4-5-3/h3,6H,1-2H2. The average molecular weight is 102 g/mol. The van der Waals surface area contributed by atoms with E-state index in [0.29, 0.717) is 0 Å². The third-order valence-electron chi connectivity index (χ3n) is 0.702. The number of nitrogens with zero attached hydrogens (tertiary/aromatic N) is 2. The molecule has 0 saturated carbocycles. The predicted molar refractivity (Wildman–Crippen MR) is 27.1 cm³/mol. The van der Waals surface area contributed by atoms with Gasteiger partial charge in [0.15, 0.2) is 0 Å². The second-order valence-corrected chi connectivity index (χ2v) is 1.85. The largest absolute Gasteiger partial charge is 0.193 e. The van der Waals surface area contributed by atoms with Crippen LogP contribution >= 0.6 is 12.6 Å². The second kappa shape index (κ2) is 1.60. The summed E-state index contributed by atoms with van der Waals surface area (Å²) in [5, 5.41) is 7.64. The molecular weight excluding hydrogens is 96.1 g/mol. The molecule has 1 aliphatic heterocycles. The Bertz CT molecular complexity index is 71.2. The molecule has 34 valence electrons. The Morgan fingerprint density at radius 1 is 1.67 bits per heavy atom. The van der Waals surface area contributed by atoms with E-state index in [0.717, 1.165) is 13.0 Å². The average Bonchev–Trinajstić information content (AvgIpc) is 1.86. The molecule has 0 aromatic carbocycles. The minimum Gasteiger partial charge on any atom is -0.193 e. The number of rotatable bonds is 0. The van der Waals surface area contributed by atoms with Gasteiger partial charge in [-0.3, -0.25) is 0 Å². The molecule has 0 radical (unpaired) electrons. The molecule has 0 bridgehead atoms. The molecule has 1 atom stereocenters. The smallest absolute Gasteiger partial charge is 0.115 e. The van der Waals surface area contributed by atoms with Crippen molar-refractivity contribution in [1.29, 1.82) is 0 Å². The van der Waals surface area contributed by atoms with Crippen molar-refractivity contribution >= 4 is 12.6 Å². The summed E-state index contributed by atoms with van der Waals surface area (Å²) in [6.45, 7) is 0.869. The quantitative estimate of drug-likeness (QED) is 0.443. The van der Waals surface area contributed by atoms with E-state index in [1.165, 1.54) is 0 Å². The topological polar surface area (TPSA) is 24.7 Å². The number of hydrogen-bond acceptors (Lipinski definition) is 3. The zero-order valence-corrected chi connectivity index (χ0v) is 4.23. The summed E-state index contributed by atoms with van der Waals surface area (Å²) < 4.78 is 0. The van der Waals surface area contributed by atoms with Gasteiger partial charge < -0.3 is 0 Å². The van der Waals surface area contributed by atoms with E-state index >= 15 is 0 Å². The first-order valence-corrected chi connectivity index (χ1v) is 2.46. The van der Waals surface area contributed by atoms with Crippen LogP contribution in [0.2, 0.25) is 0 Å². The summed E-state index contributed by atoms with van der Waals surface area (Å²) in [4.78, 5) is 0. The molecule has 2 nitrogen and oxygen atoms in total. The molecule has 0 amide bonds. The highest BCUT2D eigenvalue weighted by atomic mass is 32.1. The van der Waals surface area contributed by atoms with Crippen LogP contribution in [0.25, 0.3) is 0 Å². The molecule has 1 heterocycles. The Balaban J connectivity index is 2.38.